The van der Waals surface area contributed by atoms with Crippen molar-refractivity contribution in [3.8, 4) is 0 Å². The van der Waals surface area contributed by atoms with Crippen LogP contribution in [0.25, 0.3) is 0 Å². The van der Waals surface area contributed by atoms with Crippen LogP contribution in [0.1, 0.15) is 85.5 Å². The molecule has 3 heteroatoms. The van der Waals surface area contributed by atoms with E-state index in [0.717, 1.165) is 49.0 Å². The first-order valence-electron chi connectivity index (χ1n) is 13.1. The second-order valence-corrected chi connectivity index (χ2v) is 12.7. The number of ether oxygens (including phenoxy) is 1. The molecule has 0 aromatic heterocycles. The number of hydrogen-bond acceptors (Lipinski definition) is 3. The summed E-state index contributed by atoms with van der Waals surface area (Å²) >= 11 is 0. The summed E-state index contributed by atoms with van der Waals surface area (Å²) in [6.07, 6.45) is 13.8. The van der Waals surface area contributed by atoms with Crippen LogP contribution in [0.3, 0.4) is 0 Å². The summed E-state index contributed by atoms with van der Waals surface area (Å²) in [7, 11) is 0. The van der Waals surface area contributed by atoms with Crippen molar-refractivity contribution in [2.75, 3.05) is 6.54 Å². The van der Waals surface area contributed by atoms with E-state index in [1.807, 2.05) is 0 Å². The van der Waals surface area contributed by atoms with Gasteiger partial charge in [-0.3, -0.25) is 5.32 Å². The van der Waals surface area contributed by atoms with E-state index < -0.39 is 0 Å². The average Bonchev–Trinajstić information content (AvgIpc) is 3.12. The molecule has 0 unspecified atom stereocenters. The molecule has 5 fully saturated rings. The zero-order valence-electron chi connectivity index (χ0n) is 19.6. The Hall–Kier alpha value is -0.380. The van der Waals surface area contributed by atoms with Crippen LogP contribution in [0, 0.1) is 46.3 Å². The number of fused-ring (bicyclic) bond motifs is 7. The standard InChI is InChI=1S/C27H43NO2/c1-16-9-12-27(28-15-16)17(2)26(4)23-8-7-22-20(21(23)14-24(26)30-27)6-5-18-13-19(29)10-11-25(18,22)3/h5,16-17,19-24,28-29H,6-15H2,1-4H3/t16-,17+,19-,20+,21-,22-,23-,24-,25+,26+,27+/m1/s1. The highest BCUT2D eigenvalue weighted by Crippen LogP contribution is 2.69. The Labute approximate surface area is 183 Å². The highest BCUT2D eigenvalue weighted by Gasteiger charge is 2.69. The predicted octanol–water partition coefficient (Wildman–Crippen LogP) is 5.29. The topological polar surface area (TPSA) is 41.5 Å². The van der Waals surface area contributed by atoms with Crippen molar-refractivity contribution in [2.45, 2.75) is 103 Å². The van der Waals surface area contributed by atoms with Gasteiger partial charge >= 0.3 is 0 Å². The molecule has 3 saturated carbocycles. The van der Waals surface area contributed by atoms with Crippen LogP contribution < -0.4 is 5.32 Å². The largest absolute Gasteiger partial charge is 0.393 e. The first-order valence-corrected chi connectivity index (χ1v) is 13.1. The summed E-state index contributed by atoms with van der Waals surface area (Å²) in [5, 5.41) is 14.1. The third-order valence-corrected chi connectivity index (χ3v) is 11.7. The second kappa shape index (κ2) is 6.58. The molecule has 2 heterocycles. The molecule has 0 radical (unpaired) electrons. The number of nitrogens with one attached hydrogen (secondary N) is 1. The normalized spacial score (nSPS) is 59.8. The van der Waals surface area contributed by atoms with Crippen molar-refractivity contribution in [3.63, 3.8) is 0 Å². The zero-order valence-corrected chi connectivity index (χ0v) is 19.6. The van der Waals surface area contributed by atoms with Gasteiger partial charge in [0.1, 0.15) is 5.72 Å². The molecule has 2 aliphatic heterocycles. The highest BCUT2D eigenvalue weighted by atomic mass is 16.5. The first-order chi connectivity index (χ1) is 14.3. The van der Waals surface area contributed by atoms with Gasteiger partial charge in [0.2, 0.25) is 0 Å². The smallest absolute Gasteiger partial charge is 0.122 e. The van der Waals surface area contributed by atoms with Gasteiger partial charge in [0, 0.05) is 17.9 Å². The molecule has 2 N–H and O–H groups in total. The van der Waals surface area contributed by atoms with Crippen molar-refractivity contribution >= 4 is 0 Å². The molecular formula is C27H43NO2. The maximum Gasteiger partial charge on any atom is 0.122 e. The SMILES string of the molecule is C[C@@H]1CC[C@]2(NC1)O[C@@H]1C[C@@H]3[C@@H]4CC=C5C[C@H](O)CC[C@]5(C)[C@@H]4CC[C@H]3[C@]1(C)[C@@H]2C. The molecule has 11 atom stereocenters. The van der Waals surface area contributed by atoms with E-state index in [4.69, 9.17) is 4.74 Å². The number of allylic oxidation sites excluding steroid dienone is 1. The quantitative estimate of drug-likeness (QED) is 0.530. The number of hydrogen-bond donors (Lipinski definition) is 2. The van der Waals surface area contributed by atoms with E-state index in [1.54, 1.807) is 5.57 Å². The van der Waals surface area contributed by atoms with Crippen molar-refractivity contribution in [1.82, 2.24) is 5.32 Å². The first kappa shape index (κ1) is 20.2. The molecule has 168 valence electrons. The molecule has 2 saturated heterocycles. The Balaban J connectivity index is 1.28. The van der Waals surface area contributed by atoms with Crippen LogP contribution in [0.5, 0.6) is 0 Å². The van der Waals surface area contributed by atoms with Crippen molar-refractivity contribution in [2.24, 2.45) is 46.3 Å². The Morgan fingerprint density at radius 3 is 2.60 bits per heavy atom. The third-order valence-electron chi connectivity index (χ3n) is 11.7. The molecule has 30 heavy (non-hydrogen) atoms. The van der Waals surface area contributed by atoms with Crippen molar-refractivity contribution in [1.29, 1.82) is 0 Å². The van der Waals surface area contributed by atoms with Crippen LogP contribution in [-0.2, 0) is 4.74 Å². The van der Waals surface area contributed by atoms with Gasteiger partial charge in [0.25, 0.3) is 0 Å². The number of aliphatic hydroxyl groups excluding tert-OH is 1. The van der Waals surface area contributed by atoms with E-state index in [-0.39, 0.29) is 11.8 Å². The molecule has 0 aromatic carbocycles. The molecule has 6 aliphatic rings. The van der Waals surface area contributed by atoms with Gasteiger partial charge in [-0.05, 0) is 92.8 Å². The fourth-order valence-electron chi connectivity index (χ4n) is 9.70. The summed E-state index contributed by atoms with van der Waals surface area (Å²) in [5.74, 6) is 4.70. The minimum atomic E-state index is -0.0990. The fraction of sp³-hybridized carbons (Fsp3) is 0.926. The zero-order chi connectivity index (χ0) is 20.9. The van der Waals surface area contributed by atoms with Crippen LogP contribution in [0.4, 0.5) is 0 Å². The monoisotopic (exact) mass is 413 g/mol. The fourth-order valence-corrected chi connectivity index (χ4v) is 9.70. The lowest BCUT2D eigenvalue weighted by molar-refractivity contribution is -0.110. The maximum atomic E-state index is 10.3. The second-order valence-electron chi connectivity index (χ2n) is 12.7. The summed E-state index contributed by atoms with van der Waals surface area (Å²) in [4.78, 5) is 0. The Bertz CT molecular complexity index is 739. The van der Waals surface area contributed by atoms with Crippen LogP contribution >= 0.6 is 0 Å². The summed E-state index contributed by atoms with van der Waals surface area (Å²) in [6.45, 7) is 11.1. The van der Waals surface area contributed by atoms with Crippen LogP contribution in [-0.4, -0.2) is 29.6 Å². The lowest BCUT2D eigenvalue weighted by Gasteiger charge is -2.56. The Kier molecular flexibility index (Phi) is 4.44. The van der Waals surface area contributed by atoms with Crippen LogP contribution in [0.2, 0.25) is 0 Å². The van der Waals surface area contributed by atoms with E-state index in [0.29, 0.717) is 22.9 Å². The Morgan fingerprint density at radius 1 is 1.03 bits per heavy atom. The van der Waals surface area contributed by atoms with E-state index in [1.165, 1.54) is 44.9 Å². The predicted molar refractivity (Wildman–Crippen MR) is 120 cm³/mol. The van der Waals surface area contributed by atoms with E-state index in [2.05, 4.69) is 39.1 Å². The van der Waals surface area contributed by atoms with E-state index >= 15 is 0 Å². The lowest BCUT2D eigenvalue weighted by Crippen LogP contribution is -2.57. The van der Waals surface area contributed by atoms with Gasteiger partial charge in [0.15, 0.2) is 0 Å². The average molecular weight is 414 g/mol. The number of piperidine rings is 1. The van der Waals surface area contributed by atoms with Gasteiger partial charge in [-0.2, -0.15) is 0 Å². The molecule has 1 spiro atoms. The lowest BCUT2D eigenvalue weighted by atomic mass is 9.49. The number of aliphatic hydroxyl groups is 1. The summed E-state index contributed by atoms with van der Waals surface area (Å²) in [6, 6.07) is 0. The molecule has 0 bridgehead atoms. The van der Waals surface area contributed by atoms with Crippen molar-refractivity contribution in [3.05, 3.63) is 11.6 Å². The Morgan fingerprint density at radius 2 is 1.83 bits per heavy atom. The van der Waals surface area contributed by atoms with Gasteiger partial charge in [-0.15, -0.1) is 0 Å². The molecular weight excluding hydrogens is 370 g/mol. The van der Waals surface area contributed by atoms with E-state index in [9.17, 15) is 5.11 Å². The molecule has 4 aliphatic carbocycles. The molecule has 6 rings (SSSR count). The molecule has 3 nitrogen and oxygen atoms in total. The highest BCUT2D eigenvalue weighted by molar-refractivity contribution is 5.26. The maximum absolute atomic E-state index is 10.3. The minimum Gasteiger partial charge on any atom is -0.393 e. The van der Waals surface area contributed by atoms with Crippen molar-refractivity contribution < 1.29 is 9.84 Å². The van der Waals surface area contributed by atoms with Crippen LogP contribution in [0.15, 0.2) is 11.6 Å². The van der Waals surface area contributed by atoms with Gasteiger partial charge in [-0.1, -0.05) is 39.3 Å². The molecule has 0 aromatic rings. The third kappa shape index (κ3) is 2.49. The molecule has 0 amide bonds. The summed E-state index contributed by atoms with van der Waals surface area (Å²) in [5.41, 5.74) is 2.21. The van der Waals surface area contributed by atoms with Gasteiger partial charge in [-0.25, -0.2) is 0 Å². The van der Waals surface area contributed by atoms with Gasteiger partial charge < -0.3 is 9.84 Å². The minimum absolute atomic E-state index is 0.0567. The van der Waals surface area contributed by atoms with Gasteiger partial charge in [0.05, 0.1) is 12.2 Å². The number of rotatable bonds is 0. The summed E-state index contributed by atoms with van der Waals surface area (Å²) < 4.78 is 7.04.